The zero-order valence-electron chi connectivity index (χ0n) is 11.6. The predicted molar refractivity (Wildman–Crippen MR) is 79.5 cm³/mol. The maximum absolute atomic E-state index is 5.24. The van der Waals surface area contributed by atoms with Crippen LogP contribution in [0.1, 0.15) is 6.92 Å². The smallest absolute Gasteiger partial charge is 0.135 e. The summed E-state index contributed by atoms with van der Waals surface area (Å²) >= 11 is 0. The topological polar surface area (TPSA) is 37.4 Å². The summed E-state index contributed by atoms with van der Waals surface area (Å²) in [5, 5.41) is 3.21. The van der Waals surface area contributed by atoms with E-state index in [2.05, 4.69) is 17.2 Å². The molecule has 2 rings (SSSR count). The third kappa shape index (κ3) is 3.16. The van der Waals surface area contributed by atoms with Crippen molar-refractivity contribution in [3.8, 4) is 5.75 Å². The lowest BCUT2D eigenvalue weighted by Crippen LogP contribution is -2.12. The van der Waals surface area contributed by atoms with Crippen LogP contribution in [0.25, 0.3) is 0 Å². The predicted octanol–water partition coefficient (Wildman–Crippen LogP) is 3.29. The van der Waals surface area contributed by atoms with Gasteiger partial charge < -0.3 is 15.0 Å². The molecule has 2 aromatic rings. The Morgan fingerprint density at radius 3 is 2.74 bits per heavy atom. The summed E-state index contributed by atoms with van der Waals surface area (Å²) in [7, 11) is 3.66. The molecule has 1 aromatic carbocycles. The van der Waals surface area contributed by atoms with Gasteiger partial charge in [-0.1, -0.05) is 12.1 Å². The Kier molecular flexibility index (Phi) is 4.23. The third-order valence-electron chi connectivity index (χ3n) is 2.88. The molecular weight excluding hydrogens is 238 g/mol. The van der Waals surface area contributed by atoms with Crippen LogP contribution < -0.4 is 15.0 Å². The molecule has 1 N–H and O–H groups in total. The number of hydrogen-bond acceptors (Lipinski definition) is 4. The first-order valence-corrected chi connectivity index (χ1v) is 6.33. The number of pyridine rings is 1. The van der Waals surface area contributed by atoms with E-state index in [1.54, 1.807) is 7.11 Å². The van der Waals surface area contributed by atoms with Crippen molar-refractivity contribution in [2.45, 2.75) is 6.92 Å². The van der Waals surface area contributed by atoms with E-state index in [1.807, 2.05) is 54.4 Å². The Labute approximate surface area is 114 Å². The lowest BCUT2D eigenvalue weighted by atomic mass is 10.2. The molecule has 19 heavy (non-hydrogen) atoms. The SMILES string of the molecule is CCNc1cccc(N(C)c2cccc(OC)c2)n1. The van der Waals surface area contributed by atoms with E-state index in [4.69, 9.17) is 4.74 Å². The number of aromatic nitrogens is 1. The number of methoxy groups -OCH3 is 1. The number of nitrogens with zero attached hydrogens (tertiary/aromatic N) is 2. The van der Waals surface area contributed by atoms with E-state index in [0.29, 0.717) is 0 Å². The molecule has 0 atom stereocenters. The summed E-state index contributed by atoms with van der Waals surface area (Å²) in [5.74, 6) is 2.62. The Morgan fingerprint density at radius 2 is 2.00 bits per heavy atom. The van der Waals surface area contributed by atoms with Crippen molar-refractivity contribution in [2.75, 3.05) is 30.9 Å². The minimum atomic E-state index is 0.840. The molecule has 0 saturated heterocycles. The first-order valence-electron chi connectivity index (χ1n) is 6.33. The fraction of sp³-hybridized carbons (Fsp3) is 0.267. The van der Waals surface area contributed by atoms with Crippen molar-refractivity contribution in [1.29, 1.82) is 0 Å². The fourth-order valence-corrected chi connectivity index (χ4v) is 1.84. The van der Waals surface area contributed by atoms with Crippen molar-refractivity contribution in [2.24, 2.45) is 0 Å². The Balaban J connectivity index is 2.27. The van der Waals surface area contributed by atoms with Gasteiger partial charge in [0, 0.05) is 25.3 Å². The van der Waals surface area contributed by atoms with Gasteiger partial charge in [0.05, 0.1) is 7.11 Å². The molecular formula is C15H19N3O. The molecule has 1 aromatic heterocycles. The number of nitrogens with one attached hydrogen (secondary N) is 1. The Bertz CT molecular complexity index is 542. The van der Waals surface area contributed by atoms with Crippen molar-refractivity contribution in [3.05, 3.63) is 42.5 Å². The molecule has 4 heteroatoms. The summed E-state index contributed by atoms with van der Waals surface area (Å²) in [4.78, 5) is 6.60. The third-order valence-corrected chi connectivity index (χ3v) is 2.88. The highest BCUT2D eigenvalue weighted by Crippen LogP contribution is 2.26. The van der Waals surface area contributed by atoms with Gasteiger partial charge in [0.25, 0.3) is 0 Å². The van der Waals surface area contributed by atoms with Crippen molar-refractivity contribution < 1.29 is 4.74 Å². The standard InChI is InChI=1S/C15H19N3O/c1-4-16-14-9-6-10-15(17-14)18(2)12-7-5-8-13(11-12)19-3/h5-11H,4H2,1-3H3,(H,16,17). The summed E-state index contributed by atoms with van der Waals surface area (Å²) in [6.07, 6.45) is 0. The van der Waals surface area contributed by atoms with Gasteiger partial charge >= 0.3 is 0 Å². The molecule has 0 radical (unpaired) electrons. The monoisotopic (exact) mass is 257 g/mol. The molecule has 0 amide bonds. The number of ether oxygens (including phenoxy) is 1. The summed E-state index contributed by atoms with van der Waals surface area (Å²) in [5.41, 5.74) is 1.04. The van der Waals surface area contributed by atoms with Gasteiger partial charge in [-0.05, 0) is 31.2 Å². The van der Waals surface area contributed by atoms with Gasteiger partial charge in [-0.25, -0.2) is 4.98 Å². The lowest BCUT2D eigenvalue weighted by Gasteiger charge is -2.19. The zero-order chi connectivity index (χ0) is 13.7. The molecule has 0 fully saturated rings. The van der Waals surface area contributed by atoms with Gasteiger partial charge in [0.2, 0.25) is 0 Å². The Hall–Kier alpha value is -2.23. The molecule has 0 aliphatic heterocycles. The molecule has 1 heterocycles. The van der Waals surface area contributed by atoms with Gasteiger partial charge in [-0.3, -0.25) is 0 Å². The first-order chi connectivity index (χ1) is 9.24. The zero-order valence-corrected chi connectivity index (χ0v) is 11.6. The number of anilines is 3. The van der Waals surface area contributed by atoms with E-state index in [-0.39, 0.29) is 0 Å². The maximum Gasteiger partial charge on any atom is 0.135 e. The highest BCUT2D eigenvalue weighted by molar-refractivity contribution is 5.62. The quantitative estimate of drug-likeness (QED) is 0.892. The minimum absolute atomic E-state index is 0.840. The first kappa shape index (κ1) is 13.2. The summed E-state index contributed by atoms with van der Waals surface area (Å²) < 4.78 is 5.24. The largest absolute Gasteiger partial charge is 0.497 e. The van der Waals surface area contributed by atoms with Crippen molar-refractivity contribution >= 4 is 17.3 Å². The normalized spacial score (nSPS) is 10.1. The van der Waals surface area contributed by atoms with Gasteiger partial charge in [0.1, 0.15) is 17.4 Å². The van der Waals surface area contributed by atoms with Crippen LogP contribution in [0.15, 0.2) is 42.5 Å². The van der Waals surface area contributed by atoms with Crippen LogP contribution in [0.5, 0.6) is 5.75 Å². The average Bonchev–Trinajstić information content (AvgIpc) is 2.47. The van der Waals surface area contributed by atoms with Crippen molar-refractivity contribution in [3.63, 3.8) is 0 Å². The Morgan fingerprint density at radius 1 is 1.21 bits per heavy atom. The van der Waals surface area contributed by atoms with Crippen LogP contribution in [0.2, 0.25) is 0 Å². The van der Waals surface area contributed by atoms with Gasteiger partial charge in [-0.2, -0.15) is 0 Å². The van der Waals surface area contributed by atoms with Gasteiger partial charge in [0.15, 0.2) is 0 Å². The van der Waals surface area contributed by atoms with E-state index >= 15 is 0 Å². The van der Waals surface area contributed by atoms with E-state index < -0.39 is 0 Å². The minimum Gasteiger partial charge on any atom is -0.497 e. The van der Waals surface area contributed by atoms with Crippen LogP contribution in [-0.4, -0.2) is 25.7 Å². The fourth-order valence-electron chi connectivity index (χ4n) is 1.84. The van der Waals surface area contributed by atoms with Crippen LogP contribution >= 0.6 is 0 Å². The highest BCUT2D eigenvalue weighted by atomic mass is 16.5. The maximum atomic E-state index is 5.24. The van der Waals surface area contributed by atoms with Crippen LogP contribution in [0.3, 0.4) is 0 Å². The molecule has 0 spiro atoms. The molecule has 4 nitrogen and oxygen atoms in total. The van der Waals surface area contributed by atoms with Crippen LogP contribution in [0, 0.1) is 0 Å². The van der Waals surface area contributed by atoms with E-state index in [1.165, 1.54) is 0 Å². The second kappa shape index (κ2) is 6.09. The van der Waals surface area contributed by atoms with Crippen LogP contribution in [0.4, 0.5) is 17.3 Å². The number of benzene rings is 1. The lowest BCUT2D eigenvalue weighted by molar-refractivity contribution is 0.415. The second-order valence-electron chi connectivity index (χ2n) is 4.17. The number of rotatable bonds is 5. The summed E-state index contributed by atoms with van der Waals surface area (Å²) in [6, 6.07) is 13.9. The number of hydrogen-bond donors (Lipinski definition) is 1. The molecule has 0 aliphatic carbocycles. The average molecular weight is 257 g/mol. The second-order valence-corrected chi connectivity index (χ2v) is 4.17. The molecule has 0 saturated carbocycles. The molecule has 0 bridgehead atoms. The highest BCUT2D eigenvalue weighted by Gasteiger charge is 2.06. The molecule has 0 aliphatic rings. The molecule has 100 valence electrons. The van der Waals surface area contributed by atoms with Gasteiger partial charge in [-0.15, -0.1) is 0 Å². The van der Waals surface area contributed by atoms with E-state index in [9.17, 15) is 0 Å². The van der Waals surface area contributed by atoms with Crippen molar-refractivity contribution in [1.82, 2.24) is 4.98 Å². The molecule has 0 unspecified atom stereocenters. The summed E-state index contributed by atoms with van der Waals surface area (Å²) in [6.45, 7) is 2.92. The van der Waals surface area contributed by atoms with Crippen LogP contribution in [-0.2, 0) is 0 Å². The van der Waals surface area contributed by atoms with E-state index in [0.717, 1.165) is 29.6 Å².